The van der Waals surface area contributed by atoms with E-state index in [1.807, 2.05) is 24.3 Å². The molecule has 0 saturated heterocycles. The third kappa shape index (κ3) is 5.03. The van der Waals surface area contributed by atoms with Gasteiger partial charge >= 0.3 is 284 Å². The van der Waals surface area contributed by atoms with Crippen molar-refractivity contribution in [2.45, 2.75) is 34.2 Å². The van der Waals surface area contributed by atoms with Crippen molar-refractivity contribution in [3.63, 3.8) is 0 Å². The molecule has 0 fully saturated rings. The molecule has 2 aliphatic carbocycles. The molecule has 0 amide bonds. The van der Waals surface area contributed by atoms with Gasteiger partial charge in [-0.15, -0.1) is 0 Å². The Labute approximate surface area is 281 Å². The fourth-order valence-electron chi connectivity index (χ4n) is 7.91. The Bertz CT molecular complexity index is 1780. The van der Waals surface area contributed by atoms with Crippen molar-refractivity contribution < 1.29 is 34.5 Å². The first kappa shape index (κ1) is 33.2. The predicted molar refractivity (Wildman–Crippen MR) is 193 cm³/mol. The van der Waals surface area contributed by atoms with Gasteiger partial charge in [-0.25, -0.2) is 0 Å². The van der Waals surface area contributed by atoms with E-state index in [0.717, 1.165) is 22.3 Å². The molecule has 4 aromatic rings. The summed E-state index contributed by atoms with van der Waals surface area (Å²) in [5.41, 5.74) is 11.9. The summed E-state index contributed by atoms with van der Waals surface area (Å²) in [4.78, 5) is 0. The first-order valence-electron chi connectivity index (χ1n) is 15.6. The summed E-state index contributed by atoms with van der Waals surface area (Å²) in [6, 6.07) is 25.4. The molecule has 0 N–H and O–H groups in total. The molecule has 0 aromatic heterocycles. The van der Waals surface area contributed by atoms with Crippen LogP contribution in [0.5, 0.6) is 23.0 Å². The number of hydrogen-bond donors (Lipinski definition) is 0. The molecule has 6 rings (SSSR count). The van der Waals surface area contributed by atoms with E-state index in [1.165, 1.54) is 33.4 Å². The number of halogens is 2. The Morgan fingerprint density at radius 3 is 1.30 bits per heavy atom. The first-order chi connectivity index (χ1) is 22.0. The summed E-state index contributed by atoms with van der Waals surface area (Å²) in [5.74, 6) is 1.17. The van der Waals surface area contributed by atoms with Crippen molar-refractivity contribution in [2.24, 2.45) is 0 Å². The van der Waals surface area contributed by atoms with E-state index < -0.39 is 21.5 Å². The quantitative estimate of drug-likeness (QED) is 0.160. The summed E-state index contributed by atoms with van der Waals surface area (Å²) in [6.07, 6.45) is 4.66. The Balaban J connectivity index is 1.51. The van der Waals surface area contributed by atoms with Crippen LogP contribution in [0.4, 0.5) is 0 Å². The summed E-state index contributed by atoms with van der Waals surface area (Å²) < 4.78 is 22.4. The number of benzene rings is 4. The van der Waals surface area contributed by atoms with Gasteiger partial charge in [-0.1, -0.05) is 0 Å². The van der Waals surface area contributed by atoms with Crippen LogP contribution in [-0.4, -0.2) is 34.4 Å². The zero-order valence-corrected chi connectivity index (χ0v) is 32.8. The summed E-state index contributed by atoms with van der Waals surface area (Å²) in [5, 5.41) is 0. The Kier molecular flexibility index (Phi) is 8.91. The topological polar surface area (TPSA) is 36.9 Å². The van der Waals surface area contributed by atoms with Crippen molar-refractivity contribution in [2.75, 3.05) is 28.4 Å². The third-order valence-electron chi connectivity index (χ3n) is 10.2. The van der Waals surface area contributed by atoms with E-state index in [2.05, 4.69) is 87.6 Å². The molecule has 0 saturated carbocycles. The van der Waals surface area contributed by atoms with E-state index >= 15 is 0 Å². The van der Waals surface area contributed by atoms with Gasteiger partial charge in [-0.3, -0.25) is 0 Å². The van der Waals surface area contributed by atoms with Crippen LogP contribution < -0.4 is 18.9 Å². The minimum atomic E-state index is -4.81. The van der Waals surface area contributed by atoms with Crippen LogP contribution in [0.3, 0.4) is 0 Å². The molecule has 0 aliphatic heterocycles. The van der Waals surface area contributed by atoms with Gasteiger partial charge in [0.1, 0.15) is 0 Å². The van der Waals surface area contributed by atoms with Crippen LogP contribution in [0.1, 0.15) is 43.4 Å². The van der Waals surface area contributed by atoms with Gasteiger partial charge in [0.2, 0.25) is 0 Å². The second kappa shape index (κ2) is 12.4. The molecular formula is C38H41Cl2O4SiZr. The van der Waals surface area contributed by atoms with Crippen LogP contribution in [0.25, 0.3) is 34.4 Å². The monoisotopic (exact) mass is 749 g/mol. The maximum atomic E-state index is 8.44. The maximum absolute atomic E-state index is 8.44. The molecule has 8 heteroatoms. The van der Waals surface area contributed by atoms with Gasteiger partial charge in [-0.2, -0.15) is 0 Å². The van der Waals surface area contributed by atoms with Crippen molar-refractivity contribution in [3.8, 4) is 45.3 Å². The van der Waals surface area contributed by atoms with Gasteiger partial charge in [0.25, 0.3) is 0 Å². The number of allylic oxidation sites excluding steroid dienone is 2. The molecule has 0 heterocycles. The third-order valence-corrected chi connectivity index (χ3v) is 62.4. The molecule has 4 aromatic carbocycles. The van der Waals surface area contributed by atoms with Gasteiger partial charge in [0, 0.05) is 0 Å². The second-order valence-corrected chi connectivity index (χ2v) is 55.3. The predicted octanol–water partition coefficient (Wildman–Crippen LogP) is 10.7. The molecule has 239 valence electrons. The van der Waals surface area contributed by atoms with Crippen molar-refractivity contribution in [3.05, 3.63) is 106 Å². The summed E-state index contributed by atoms with van der Waals surface area (Å²) in [6.45, 7) is 9.20. The van der Waals surface area contributed by atoms with Crippen LogP contribution >= 0.6 is 17.0 Å². The Morgan fingerprint density at radius 2 is 0.957 bits per heavy atom. The van der Waals surface area contributed by atoms with Crippen molar-refractivity contribution in [1.29, 1.82) is 0 Å². The van der Waals surface area contributed by atoms with Crippen LogP contribution in [0.2, 0.25) is 13.1 Å². The normalized spacial score (nSPS) is 17.8. The Hall–Kier alpha value is -2.76. The molecule has 2 unspecified atom stereocenters. The molecule has 2 atom stereocenters. The number of ether oxygens (including phenoxy) is 4. The molecule has 0 spiro atoms. The zero-order valence-electron chi connectivity index (χ0n) is 27.7. The SMILES string of the molecule is COc1ccc(-c2cccc3c2C=C(C)[CH]3[Zr]([Cl])([Cl])([CH]2C(C)=Cc3c(-c4ccc(OC)c(OC)c4)cccc32)[SiH](C)C)cc1OC. The minimum absolute atomic E-state index is 0.00979. The fourth-order valence-corrected chi connectivity index (χ4v) is 40.8. The van der Waals surface area contributed by atoms with Crippen LogP contribution in [0.15, 0.2) is 83.9 Å². The van der Waals surface area contributed by atoms with E-state index in [9.17, 15) is 0 Å². The average Bonchev–Trinajstić information content (AvgIpc) is 3.60. The van der Waals surface area contributed by atoms with Gasteiger partial charge < -0.3 is 0 Å². The van der Waals surface area contributed by atoms with Crippen molar-refractivity contribution in [1.82, 2.24) is 0 Å². The van der Waals surface area contributed by atoms with E-state index in [1.54, 1.807) is 28.4 Å². The zero-order chi connectivity index (χ0) is 33.0. The standard InChI is InChI=1S/2C18H17O2.C2H7Si.2ClH.Zr/c2*1-12-9-13-5-4-6-15(16(13)10-12)14-7-8-17(19-2)18(11-14)20-3;1-3-2;;;/h2*4-11H,1-3H3;3H,1-2H3;2*1H;/q;;;;;+2/p-2. The van der Waals surface area contributed by atoms with Gasteiger partial charge in [0.05, 0.1) is 0 Å². The first-order valence-corrected chi connectivity index (χ1v) is 31.9. The molecule has 4 nitrogen and oxygen atoms in total. The second-order valence-electron chi connectivity index (χ2n) is 12.8. The van der Waals surface area contributed by atoms with E-state index in [4.69, 9.17) is 36.0 Å². The van der Waals surface area contributed by atoms with Crippen LogP contribution in [0, 0.1) is 0 Å². The molecular weight excluding hydrogens is 711 g/mol. The number of hydrogen-bond acceptors (Lipinski definition) is 4. The molecule has 0 bridgehead atoms. The fraction of sp³-hybridized carbons (Fsp3) is 0.263. The molecule has 46 heavy (non-hydrogen) atoms. The summed E-state index contributed by atoms with van der Waals surface area (Å²) in [7, 11) is 23.5. The summed E-state index contributed by atoms with van der Waals surface area (Å²) >= 11 is -4.81. The molecule has 2 aliphatic rings. The van der Waals surface area contributed by atoms with Gasteiger partial charge in [0.15, 0.2) is 0 Å². The Morgan fingerprint density at radius 1 is 0.565 bits per heavy atom. The number of methoxy groups -OCH3 is 4. The van der Waals surface area contributed by atoms with E-state index in [-0.39, 0.29) is 7.25 Å². The average molecular weight is 752 g/mol. The van der Waals surface area contributed by atoms with Crippen molar-refractivity contribution >= 4 is 35.1 Å². The number of rotatable bonds is 9. The van der Waals surface area contributed by atoms with E-state index in [0.29, 0.717) is 23.0 Å². The van der Waals surface area contributed by atoms with Gasteiger partial charge in [-0.05, 0) is 0 Å². The number of fused-ring (bicyclic) bond motifs is 2. The molecule has 0 radical (unpaired) electrons. The van der Waals surface area contributed by atoms with Crippen LogP contribution in [-0.2, 0) is 15.6 Å².